The van der Waals surface area contributed by atoms with Gasteiger partial charge in [0.15, 0.2) is 0 Å². The largest absolute Gasteiger partial charge is 0.481 e. The number of carbonyl (C=O) groups is 6. The van der Waals surface area contributed by atoms with Gasteiger partial charge in [-0.2, -0.15) is 12.6 Å². The summed E-state index contributed by atoms with van der Waals surface area (Å²) in [4.78, 5) is 70.2. The predicted molar refractivity (Wildman–Crippen MR) is 114 cm³/mol. The third-order valence-electron chi connectivity index (χ3n) is 4.61. The number of thiol groups is 1. The van der Waals surface area contributed by atoms with Crippen LogP contribution in [0.2, 0.25) is 0 Å². The average molecular weight is 479 g/mol. The molecule has 0 aromatic heterocycles. The van der Waals surface area contributed by atoms with E-state index in [1.54, 1.807) is 13.8 Å². The first kappa shape index (κ1) is 29.1. The van der Waals surface area contributed by atoms with E-state index in [1.807, 2.05) is 0 Å². The summed E-state index contributed by atoms with van der Waals surface area (Å²) >= 11 is 3.94. The van der Waals surface area contributed by atoms with Gasteiger partial charge < -0.3 is 37.0 Å². The second-order valence-corrected chi connectivity index (χ2v) is 7.52. The molecule has 8 N–H and O–H groups in total. The van der Waals surface area contributed by atoms with Crippen LogP contribution in [0.1, 0.15) is 39.5 Å². The number of amides is 3. The number of aliphatic carboxylic acids is 3. The topological polar surface area (TPSA) is 225 Å². The van der Waals surface area contributed by atoms with Crippen molar-refractivity contribution in [1.29, 1.82) is 0 Å². The Morgan fingerprint density at radius 1 is 0.875 bits per heavy atom. The highest BCUT2D eigenvalue weighted by atomic mass is 32.1. The molecule has 0 aromatic rings. The zero-order chi connectivity index (χ0) is 25.0. The van der Waals surface area contributed by atoms with Crippen molar-refractivity contribution in [3.05, 3.63) is 0 Å². The highest BCUT2D eigenvalue weighted by Crippen LogP contribution is 2.09. The Morgan fingerprint density at radius 2 is 1.41 bits per heavy atom. The van der Waals surface area contributed by atoms with Gasteiger partial charge in [0.1, 0.15) is 18.1 Å². The van der Waals surface area contributed by atoms with Crippen molar-refractivity contribution in [3.63, 3.8) is 0 Å². The van der Waals surface area contributed by atoms with Gasteiger partial charge in [-0.3, -0.25) is 24.0 Å². The number of carboxylic acids is 3. The monoisotopic (exact) mass is 478 g/mol. The third kappa shape index (κ3) is 10.4. The molecule has 0 radical (unpaired) electrons. The van der Waals surface area contributed by atoms with Crippen molar-refractivity contribution < 1.29 is 44.1 Å². The predicted octanol–water partition coefficient (Wildman–Crippen LogP) is -1.83. The number of nitrogens with one attached hydrogen (secondary N) is 3. The zero-order valence-electron chi connectivity index (χ0n) is 17.7. The van der Waals surface area contributed by atoms with Crippen molar-refractivity contribution in [2.75, 3.05) is 5.75 Å². The maximum absolute atomic E-state index is 12.5. The Kier molecular flexibility index (Phi) is 13.0. The van der Waals surface area contributed by atoms with Gasteiger partial charge in [0.05, 0.1) is 12.5 Å². The Hall–Kier alpha value is -2.87. The number of hydrogen-bond acceptors (Lipinski definition) is 8. The van der Waals surface area contributed by atoms with Crippen LogP contribution >= 0.6 is 12.6 Å². The molecule has 32 heavy (non-hydrogen) atoms. The second-order valence-electron chi connectivity index (χ2n) is 7.15. The molecule has 0 saturated carbocycles. The Bertz CT molecular complexity index is 719. The van der Waals surface area contributed by atoms with Crippen molar-refractivity contribution in [2.45, 2.75) is 63.7 Å². The van der Waals surface area contributed by atoms with E-state index >= 15 is 0 Å². The minimum Gasteiger partial charge on any atom is -0.481 e. The molecule has 0 aliphatic rings. The van der Waals surface area contributed by atoms with E-state index in [0.717, 1.165) is 0 Å². The van der Waals surface area contributed by atoms with Crippen molar-refractivity contribution in [1.82, 2.24) is 16.0 Å². The summed E-state index contributed by atoms with van der Waals surface area (Å²) in [5, 5.41) is 33.7. The molecule has 14 heteroatoms. The molecule has 3 amide bonds. The molecule has 0 heterocycles. The number of hydrogen-bond donors (Lipinski definition) is 8. The lowest BCUT2D eigenvalue weighted by Gasteiger charge is -2.25. The molecule has 5 atom stereocenters. The number of carbonyl (C=O) groups excluding carboxylic acids is 3. The summed E-state index contributed by atoms with van der Waals surface area (Å²) in [6.07, 6.45) is -0.967. The summed E-state index contributed by atoms with van der Waals surface area (Å²) in [7, 11) is 0. The minimum absolute atomic E-state index is 0.182. The van der Waals surface area contributed by atoms with Gasteiger partial charge in [-0.05, 0) is 12.3 Å². The summed E-state index contributed by atoms with van der Waals surface area (Å²) in [5.74, 6) is -7.40. The van der Waals surface area contributed by atoms with Gasteiger partial charge in [0.2, 0.25) is 17.7 Å². The van der Waals surface area contributed by atoms with Crippen LogP contribution in [0, 0.1) is 5.92 Å². The van der Waals surface area contributed by atoms with Crippen molar-refractivity contribution >= 4 is 48.3 Å². The van der Waals surface area contributed by atoms with E-state index in [4.69, 9.17) is 15.9 Å². The van der Waals surface area contributed by atoms with E-state index in [-0.39, 0.29) is 18.6 Å². The fourth-order valence-electron chi connectivity index (χ4n) is 2.48. The van der Waals surface area contributed by atoms with Gasteiger partial charge in [0, 0.05) is 12.2 Å². The lowest BCUT2D eigenvalue weighted by atomic mass is 9.98. The third-order valence-corrected chi connectivity index (χ3v) is 4.98. The van der Waals surface area contributed by atoms with E-state index in [2.05, 4.69) is 28.6 Å². The maximum Gasteiger partial charge on any atom is 0.326 e. The smallest absolute Gasteiger partial charge is 0.326 e. The lowest BCUT2D eigenvalue weighted by molar-refractivity contribution is -0.145. The van der Waals surface area contributed by atoms with Crippen LogP contribution in [0.25, 0.3) is 0 Å². The SMILES string of the molecule is CCC(C)C(NC(=O)C(CC(=O)O)NC(=O)C(CS)NC(=O)C(N)CCC(=O)O)C(=O)O. The fourth-order valence-corrected chi connectivity index (χ4v) is 2.73. The van der Waals surface area contributed by atoms with Crippen LogP contribution in [-0.4, -0.2) is 80.9 Å². The van der Waals surface area contributed by atoms with E-state index in [9.17, 15) is 33.9 Å². The van der Waals surface area contributed by atoms with Gasteiger partial charge >= 0.3 is 17.9 Å². The molecule has 182 valence electrons. The van der Waals surface area contributed by atoms with Crippen LogP contribution in [0.15, 0.2) is 0 Å². The highest BCUT2D eigenvalue weighted by molar-refractivity contribution is 7.80. The zero-order valence-corrected chi connectivity index (χ0v) is 18.6. The average Bonchev–Trinajstić information content (AvgIpc) is 2.71. The summed E-state index contributed by atoms with van der Waals surface area (Å²) in [6.45, 7) is 3.30. The molecule has 5 unspecified atom stereocenters. The van der Waals surface area contributed by atoms with E-state index in [0.29, 0.717) is 6.42 Å². The van der Waals surface area contributed by atoms with E-state index < -0.39 is 72.1 Å². The van der Waals surface area contributed by atoms with Gasteiger partial charge in [0.25, 0.3) is 0 Å². The Balaban J connectivity index is 5.29. The number of nitrogens with two attached hydrogens (primary N) is 1. The molecule has 0 rings (SSSR count). The molecule has 0 saturated heterocycles. The normalized spacial score (nSPS) is 15.4. The maximum atomic E-state index is 12.5. The van der Waals surface area contributed by atoms with Gasteiger partial charge in [-0.1, -0.05) is 20.3 Å². The van der Waals surface area contributed by atoms with E-state index in [1.165, 1.54) is 0 Å². The first-order valence-corrected chi connectivity index (χ1v) is 10.4. The van der Waals surface area contributed by atoms with Crippen LogP contribution in [0.5, 0.6) is 0 Å². The Labute approximate surface area is 189 Å². The Morgan fingerprint density at radius 3 is 1.84 bits per heavy atom. The summed E-state index contributed by atoms with van der Waals surface area (Å²) in [6, 6.07) is -5.44. The molecule has 0 aliphatic carbocycles. The molecule has 0 bridgehead atoms. The lowest BCUT2D eigenvalue weighted by Crippen LogP contribution is -2.58. The van der Waals surface area contributed by atoms with Crippen molar-refractivity contribution in [3.8, 4) is 0 Å². The standard InChI is InChI=1S/C18H30N4O9S/c1-3-8(2)14(18(30)31)22-16(28)10(6-13(25)26)20-17(29)11(7-32)21-15(27)9(19)4-5-12(23)24/h8-11,14,32H,3-7,19H2,1-2H3,(H,20,29)(H,21,27)(H,22,28)(H,23,24)(H,25,26)(H,30,31). The minimum atomic E-state index is -1.62. The van der Waals surface area contributed by atoms with Crippen molar-refractivity contribution in [2.24, 2.45) is 11.7 Å². The molecule has 0 aromatic carbocycles. The molecular formula is C18H30N4O9S. The van der Waals surface area contributed by atoms with Gasteiger partial charge in [-0.25, -0.2) is 4.79 Å². The summed E-state index contributed by atoms with van der Waals surface area (Å²) < 4.78 is 0. The van der Waals surface area contributed by atoms with Crippen LogP contribution in [0.3, 0.4) is 0 Å². The first-order valence-electron chi connectivity index (χ1n) is 9.77. The molecule has 0 aliphatic heterocycles. The summed E-state index contributed by atoms with van der Waals surface area (Å²) in [5.41, 5.74) is 5.58. The highest BCUT2D eigenvalue weighted by Gasteiger charge is 2.32. The number of rotatable bonds is 15. The quantitative estimate of drug-likeness (QED) is 0.123. The van der Waals surface area contributed by atoms with Crippen LogP contribution in [-0.2, 0) is 28.8 Å². The van der Waals surface area contributed by atoms with Crippen LogP contribution in [0.4, 0.5) is 0 Å². The molecular weight excluding hydrogens is 448 g/mol. The second kappa shape index (κ2) is 14.2. The van der Waals surface area contributed by atoms with Crippen LogP contribution < -0.4 is 21.7 Å². The molecule has 13 nitrogen and oxygen atoms in total. The fraction of sp³-hybridized carbons (Fsp3) is 0.667. The van der Waals surface area contributed by atoms with Gasteiger partial charge in [-0.15, -0.1) is 0 Å². The first-order chi connectivity index (χ1) is 14.8. The molecule has 0 spiro atoms. The molecule has 0 fully saturated rings. The number of carboxylic acid groups (broad SMARTS) is 3.